The average Bonchev–Trinajstić information content (AvgIpc) is 2.01. The van der Waals surface area contributed by atoms with Gasteiger partial charge in [-0.05, 0) is 18.4 Å². The lowest BCUT2D eigenvalue weighted by Crippen LogP contribution is -1.87. The monoisotopic (exact) mass is 164 g/mol. The molecule has 0 saturated carbocycles. The van der Waals surface area contributed by atoms with Gasteiger partial charge in [-0.15, -0.1) is 6.58 Å². The average molecular weight is 164 g/mol. The van der Waals surface area contributed by atoms with Crippen LogP contribution in [0.15, 0.2) is 49.6 Å². The minimum atomic E-state index is 0.556. The summed E-state index contributed by atoms with van der Waals surface area (Å²) < 4.78 is 0. The van der Waals surface area contributed by atoms with E-state index < -0.39 is 0 Å². The third-order valence-corrected chi connectivity index (χ3v) is 1.21. The summed E-state index contributed by atoms with van der Waals surface area (Å²) >= 11 is 0. The molecule has 0 radical (unpaired) electrons. The fourth-order valence-corrected chi connectivity index (χ4v) is 0.632. The van der Waals surface area contributed by atoms with Crippen molar-refractivity contribution in [2.75, 3.05) is 0 Å². The Balaban J connectivity index is 0. The smallest absolute Gasteiger partial charge is 0.0219 e. The molecular weight excluding hydrogens is 144 g/mol. The largest absolute Gasteiger partial charge is 0.103 e. The molecule has 0 N–H and O–H groups in total. The maximum atomic E-state index is 3.68. The van der Waals surface area contributed by atoms with Crippen molar-refractivity contribution in [2.45, 2.75) is 20.8 Å². The van der Waals surface area contributed by atoms with E-state index in [-0.39, 0.29) is 0 Å². The first-order valence-electron chi connectivity index (χ1n) is 4.16. The number of allylic oxidation sites excluding steroid dienone is 5. The summed E-state index contributed by atoms with van der Waals surface area (Å²) in [5, 5.41) is 0. The molecule has 0 bridgehead atoms. The van der Waals surface area contributed by atoms with Gasteiger partial charge in [0, 0.05) is 0 Å². The van der Waals surface area contributed by atoms with Crippen LogP contribution in [-0.2, 0) is 0 Å². The van der Waals surface area contributed by atoms with Crippen molar-refractivity contribution in [1.82, 2.24) is 0 Å². The van der Waals surface area contributed by atoms with Gasteiger partial charge in [0.15, 0.2) is 0 Å². The van der Waals surface area contributed by atoms with Gasteiger partial charge in [-0.2, -0.15) is 0 Å². The van der Waals surface area contributed by atoms with Crippen LogP contribution in [0.4, 0.5) is 0 Å². The van der Waals surface area contributed by atoms with Crippen LogP contribution in [-0.4, -0.2) is 0 Å². The number of rotatable bonds is 3. The molecule has 0 spiro atoms. The van der Waals surface area contributed by atoms with Crippen molar-refractivity contribution in [3.63, 3.8) is 0 Å². The molecule has 0 aliphatic heterocycles. The highest BCUT2D eigenvalue weighted by atomic mass is 14.0. The Morgan fingerprint density at radius 2 is 1.58 bits per heavy atom. The van der Waals surface area contributed by atoms with Crippen LogP contribution >= 0.6 is 0 Å². The molecule has 0 aliphatic carbocycles. The zero-order chi connectivity index (χ0) is 9.98. The van der Waals surface area contributed by atoms with E-state index in [0.717, 1.165) is 0 Å². The fourth-order valence-electron chi connectivity index (χ4n) is 0.632. The zero-order valence-corrected chi connectivity index (χ0v) is 8.51. The standard InChI is InChI=1S/C9H14.C3H6/c1-5-7-9(6-2)8(3)4;1-3-2/h5-8H,1-2H2,3-4H3;3H,1H2,2H3/b9-7+;. The first kappa shape index (κ1) is 13.5. The SMILES string of the molecule is C=C/C=C(\C=C)C(C)C.C=CC. The van der Waals surface area contributed by atoms with E-state index in [9.17, 15) is 0 Å². The van der Waals surface area contributed by atoms with Gasteiger partial charge in [-0.3, -0.25) is 0 Å². The predicted octanol–water partition coefficient (Wildman–Crippen LogP) is 4.13. The van der Waals surface area contributed by atoms with Crippen LogP contribution < -0.4 is 0 Å². The van der Waals surface area contributed by atoms with E-state index in [1.807, 2.05) is 19.1 Å². The fraction of sp³-hybridized carbons (Fsp3) is 0.333. The predicted molar refractivity (Wildman–Crippen MR) is 59.2 cm³/mol. The molecule has 0 atom stereocenters. The highest BCUT2D eigenvalue weighted by Crippen LogP contribution is 2.09. The van der Waals surface area contributed by atoms with Gasteiger partial charge in [0.25, 0.3) is 0 Å². The van der Waals surface area contributed by atoms with Gasteiger partial charge in [-0.25, -0.2) is 0 Å². The van der Waals surface area contributed by atoms with E-state index in [1.165, 1.54) is 5.57 Å². The molecule has 0 fully saturated rings. The van der Waals surface area contributed by atoms with Crippen LogP contribution in [0.5, 0.6) is 0 Å². The van der Waals surface area contributed by atoms with Crippen LogP contribution in [0.3, 0.4) is 0 Å². The molecular formula is C12H20. The number of hydrogen-bond donors (Lipinski definition) is 0. The molecule has 0 nitrogen and oxygen atoms in total. The van der Waals surface area contributed by atoms with Crippen molar-refractivity contribution in [1.29, 1.82) is 0 Å². The summed E-state index contributed by atoms with van der Waals surface area (Å²) in [6.45, 7) is 16.8. The Morgan fingerprint density at radius 3 is 1.67 bits per heavy atom. The zero-order valence-electron chi connectivity index (χ0n) is 8.51. The van der Waals surface area contributed by atoms with Gasteiger partial charge >= 0.3 is 0 Å². The minimum absolute atomic E-state index is 0.556. The van der Waals surface area contributed by atoms with Gasteiger partial charge in [0.2, 0.25) is 0 Å². The lowest BCUT2D eigenvalue weighted by Gasteiger charge is -2.02. The normalized spacial score (nSPS) is 9.83. The molecule has 0 unspecified atom stereocenters. The minimum Gasteiger partial charge on any atom is -0.103 e. The summed E-state index contributed by atoms with van der Waals surface area (Å²) in [6.07, 6.45) is 7.39. The van der Waals surface area contributed by atoms with Gasteiger partial charge < -0.3 is 0 Å². The summed E-state index contributed by atoms with van der Waals surface area (Å²) in [4.78, 5) is 0. The van der Waals surface area contributed by atoms with Crippen LogP contribution in [0.25, 0.3) is 0 Å². The quantitative estimate of drug-likeness (QED) is 0.434. The van der Waals surface area contributed by atoms with Crippen LogP contribution in [0.1, 0.15) is 20.8 Å². The molecule has 0 heteroatoms. The maximum absolute atomic E-state index is 3.68. The lowest BCUT2D eigenvalue weighted by molar-refractivity contribution is 0.792. The van der Waals surface area contributed by atoms with Gasteiger partial charge in [0.1, 0.15) is 0 Å². The van der Waals surface area contributed by atoms with Gasteiger partial charge in [-0.1, -0.05) is 51.3 Å². The molecule has 0 aromatic heterocycles. The van der Waals surface area contributed by atoms with Crippen LogP contribution in [0.2, 0.25) is 0 Å². The Hall–Kier alpha value is -1.04. The molecule has 0 aromatic rings. The maximum Gasteiger partial charge on any atom is -0.0219 e. The molecule has 0 heterocycles. The Bertz CT molecular complexity index is 159. The van der Waals surface area contributed by atoms with Crippen molar-refractivity contribution in [2.24, 2.45) is 5.92 Å². The van der Waals surface area contributed by atoms with Crippen molar-refractivity contribution >= 4 is 0 Å². The molecule has 12 heavy (non-hydrogen) atoms. The summed E-state index contributed by atoms with van der Waals surface area (Å²) in [6, 6.07) is 0. The summed E-state index contributed by atoms with van der Waals surface area (Å²) in [5.41, 5.74) is 1.24. The Morgan fingerprint density at radius 1 is 1.17 bits per heavy atom. The molecule has 0 amide bonds. The second kappa shape index (κ2) is 9.96. The summed E-state index contributed by atoms with van der Waals surface area (Å²) in [5.74, 6) is 0.556. The molecule has 68 valence electrons. The van der Waals surface area contributed by atoms with Crippen molar-refractivity contribution in [3.05, 3.63) is 49.6 Å². The lowest BCUT2D eigenvalue weighted by atomic mass is 10.0. The van der Waals surface area contributed by atoms with Crippen molar-refractivity contribution < 1.29 is 0 Å². The third kappa shape index (κ3) is 8.96. The molecule has 0 aliphatic rings. The van der Waals surface area contributed by atoms with Gasteiger partial charge in [0.05, 0.1) is 0 Å². The summed E-state index contributed by atoms with van der Waals surface area (Å²) in [7, 11) is 0. The third-order valence-electron chi connectivity index (χ3n) is 1.21. The second-order valence-electron chi connectivity index (χ2n) is 2.67. The highest BCUT2D eigenvalue weighted by molar-refractivity contribution is 5.22. The van der Waals surface area contributed by atoms with Crippen molar-refractivity contribution in [3.8, 4) is 0 Å². The highest BCUT2D eigenvalue weighted by Gasteiger charge is 1.94. The first-order valence-corrected chi connectivity index (χ1v) is 4.16. The van der Waals surface area contributed by atoms with Crippen LogP contribution in [0, 0.1) is 5.92 Å². The Kier molecular flexibility index (Phi) is 11.2. The van der Waals surface area contributed by atoms with E-state index in [4.69, 9.17) is 0 Å². The number of hydrogen-bond acceptors (Lipinski definition) is 0. The topological polar surface area (TPSA) is 0 Å². The Labute approximate surface area is 77.0 Å². The van der Waals surface area contributed by atoms with E-state index >= 15 is 0 Å². The van der Waals surface area contributed by atoms with E-state index in [0.29, 0.717) is 5.92 Å². The molecule has 0 rings (SSSR count). The molecule has 0 aromatic carbocycles. The van der Waals surface area contributed by atoms with E-state index in [1.54, 1.807) is 12.2 Å². The van der Waals surface area contributed by atoms with E-state index in [2.05, 4.69) is 33.6 Å². The first-order chi connectivity index (χ1) is 5.63. The molecule has 0 saturated heterocycles. The second-order valence-corrected chi connectivity index (χ2v) is 2.67.